The predicted molar refractivity (Wildman–Crippen MR) is 41.7 cm³/mol. The molecule has 1 rings (SSSR count). The minimum Gasteiger partial charge on any atom is -0.508 e. The molecule has 0 spiro atoms. The van der Waals surface area contributed by atoms with Crippen LogP contribution in [0.15, 0.2) is 18.2 Å². The number of phenols is 1. The van der Waals surface area contributed by atoms with Crippen LogP contribution >= 0.6 is 0 Å². The maximum absolute atomic E-state index is 12.3. The molecule has 0 saturated carbocycles. The number of phenolic OH excluding ortho intramolecular Hbond substituents is 1. The molecule has 0 aliphatic rings. The van der Waals surface area contributed by atoms with Gasteiger partial charge in [-0.2, -0.15) is 13.2 Å². The molecular weight excluding hydrogens is 199 g/mol. The zero-order valence-corrected chi connectivity index (χ0v) is 6.97. The fraction of sp³-hybridized carbons (Fsp3) is 0.250. The van der Waals surface area contributed by atoms with E-state index in [1.165, 1.54) is 0 Å². The molecule has 78 valence electrons. The molecule has 3 N–H and O–H groups in total. The summed E-state index contributed by atoms with van der Waals surface area (Å²) in [5, 5.41) is 17.4. The molecule has 14 heavy (non-hydrogen) atoms. The Balaban J connectivity index is 3.21. The standard InChI is InChI=1S/C8H8F3NO2/c9-8(10,11)6-2-1-3-7(13)5(6)4-12-14/h1-3,12-14H,4H2. The van der Waals surface area contributed by atoms with Gasteiger partial charge < -0.3 is 10.3 Å². The summed E-state index contributed by atoms with van der Waals surface area (Å²) in [6, 6.07) is 3.06. The van der Waals surface area contributed by atoms with Gasteiger partial charge in [0.05, 0.1) is 12.1 Å². The van der Waals surface area contributed by atoms with Crippen LogP contribution in [0.4, 0.5) is 13.2 Å². The Kier molecular flexibility index (Phi) is 2.97. The van der Waals surface area contributed by atoms with Crippen LogP contribution in [-0.2, 0) is 12.7 Å². The highest BCUT2D eigenvalue weighted by atomic mass is 19.4. The Morgan fingerprint density at radius 1 is 1.29 bits per heavy atom. The normalized spacial score (nSPS) is 11.7. The summed E-state index contributed by atoms with van der Waals surface area (Å²) >= 11 is 0. The van der Waals surface area contributed by atoms with Crippen molar-refractivity contribution in [2.75, 3.05) is 0 Å². The lowest BCUT2D eigenvalue weighted by atomic mass is 10.1. The Morgan fingerprint density at radius 2 is 1.93 bits per heavy atom. The molecule has 0 radical (unpaired) electrons. The highest BCUT2D eigenvalue weighted by molar-refractivity contribution is 5.40. The van der Waals surface area contributed by atoms with Crippen molar-refractivity contribution in [3.8, 4) is 5.75 Å². The molecule has 0 bridgehead atoms. The first kappa shape index (κ1) is 10.8. The molecule has 0 saturated heterocycles. The second kappa shape index (κ2) is 3.85. The third-order valence-corrected chi connectivity index (χ3v) is 1.71. The molecule has 0 aliphatic heterocycles. The molecule has 0 unspecified atom stereocenters. The molecule has 1 aromatic rings. The van der Waals surface area contributed by atoms with E-state index in [0.29, 0.717) is 0 Å². The van der Waals surface area contributed by atoms with Crippen LogP contribution in [0.5, 0.6) is 5.75 Å². The largest absolute Gasteiger partial charge is 0.508 e. The summed E-state index contributed by atoms with van der Waals surface area (Å²) in [4.78, 5) is 0. The zero-order valence-electron chi connectivity index (χ0n) is 6.97. The highest BCUT2D eigenvalue weighted by Gasteiger charge is 2.34. The topological polar surface area (TPSA) is 52.5 Å². The lowest BCUT2D eigenvalue weighted by Crippen LogP contribution is -2.14. The van der Waals surface area contributed by atoms with Crippen LogP contribution in [0.1, 0.15) is 11.1 Å². The Bertz CT molecular complexity index is 325. The number of hydrogen-bond acceptors (Lipinski definition) is 3. The Hall–Kier alpha value is -1.27. The molecular formula is C8H8F3NO2. The van der Waals surface area contributed by atoms with Crippen molar-refractivity contribution in [3.63, 3.8) is 0 Å². The number of halogens is 3. The highest BCUT2D eigenvalue weighted by Crippen LogP contribution is 2.35. The molecule has 0 amide bonds. The lowest BCUT2D eigenvalue weighted by Gasteiger charge is -2.13. The number of hydrogen-bond donors (Lipinski definition) is 3. The van der Waals surface area contributed by atoms with E-state index in [-0.39, 0.29) is 5.56 Å². The first-order valence-corrected chi connectivity index (χ1v) is 3.72. The summed E-state index contributed by atoms with van der Waals surface area (Å²) in [5.41, 5.74) is 0.245. The van der Waals surface area contributed by atoms with E-state index in [2.05, 4.69) is 0 Å². The third kappa shape index (κ3) is 2.15. The summed E-state index contributed by atoms with van der Waals surface area (Å²) in [6.07, 6.45) is -4.54. The van der Waals surface area contributed by atoms with E-state index in [4.69, 9.17) is 10.3 Å². The van der Waals surface area contributed by atoms with Gasteiger partial charge >= 0.3 is 6.18 Å². The van der Waals surface area contributed by atoms with Gasteiger partial charge in [0.15, 0.2) is 0 Å². The molecule has 1 aromatic carbocycles. The number of benzene rings is 1. The van der Waals surface area contributed by atoms with Gasteiger partial charge in [-0.3, -0.25) is 0 Å². The van der Waals surface area contributed by atoms with Gasteiger partial charge in [0, 0.05) is 5.56 Å². The Morgan fingerprint density at radius 3 is 2.43 bits per heavy atom. The number of alkyl halides is 3. The fourth-order valence-electron chi connectivity index (χ4n) is 1.11. The second-order valence-corrected chi connectivity index (χ2v) is 2.64. The molecule has 0 heterocycles. The van der Waals surface area contributed by atoms with Crippen LogP contribution < -0.4 is 5.48 Å². The average Bonchev–Trinajstić information content (AvgIpc) is 2.07. The SMILES string of the molecule is ONCc1c(O)cccc1C(F)(F)F. The van der Waals surface area contributed by atoms with Crippen molar-refractivity contribution < 1.29 is 23.5 Å². The minimum absolute atomic E-state index is 0.373. The van der Waals surface area contributed by atoms with Gasteiger partial charge in [0.25, 0.3) is 0 Å². The number of nitrogens with one attached hydrogen (secondary N) is 1. The van der Waals surface area contributed by atoms with E-state index >= 15 is 0 Å². The molecule has 6 heteroatoms. The molecule has 0 atom stereocenters. The van der Waals surface area contributed by atoms with Gasteiger partial charge in [0.1, 0.15) is 5.75 Å². The first-order chi connectivity index (χ1) is 6.46. The molecule has 0 aromatic heterocycles. The first-order valence-electron chi connectivity index (χ1n) is 3.72. The van der Waals surface area contributed by atoms with Crippen molar-refractivity contribution in [1.82, 2.24) is 5.48 Å². The van der Waals surface area contributed by atoms with Crippen LogP contribution in [-0.4, -0.2) is 10.3 Å². The fourth-order valence-corrected chi connectivity index (χ4v) is 1.11. The third-order valence-electron chi connectivity index (χ3n) is 1.71. The predicted octanol–water partition coefficient (Wildman–Crippen LogP) is 1.89. The van der Waals surface area contributed by atoms with Gasteiger partial charge in [0.2, 0.25) is 0 Å². The van der Waals surface area contributed by atoms with Gasteiger partial charge in [-0.15, -0.1) is 0 Å². The smallest absolute Gasteiger partial charge is 0.416 e. The van der Waals surface area contributed by atoms with E-state index in [1.54, 1.807) is 5.48 Å². The van der Waals surface area contributed by atoms with Crippen LogP contribution in [0.2, 0.25) is 0 Å². The van der Waals surface area contributed by atoms with E-state index in [1.807, 2.05) is 0 Å². The monoisotopic (exact) mass is 207 g/mol. The van der Waals surface area contributed by atoms with Gasteiger partial charge in [-0.1, -0.05) is 6.07 Å². The van der Waals surface area contributed by atoms with Crippen molar-refractivity contribution in [2.45, 2.75) is 12.7 Å². The van der Waals surface area contributed by atoms with Crippen LogP contribution in [0, 0.1) is 0 Å². The second-order valence-electron chi connectivity index (χ2n) is 2.64. The molecule has 3 nitrogen and oxygen atoms in total. The van der Waals surface area contributed by atoms with E-state index < -0.39 is 24.0 Å². The van der Waals surface area contributed by atoms with E-state index in [0.717, 1.165) is 18.2 Å². The summed E-state index contributed by atoms with van der Waals surface area (Å²) in [5.74, 6) is -0.499. The Labute approximate surface area is 77.8 Å². The molecule has 0 aliphatic carbocycles. The lowest BCUT2D eigenvalue weighted by molar-refractivity contribution is -0.138. The van der Waals surface area contributed by atoms with Crippen LogP contribution in [0.25, 0.3) is 0 Å². The minimum atomic E-state index is -4.54. The molecule has 0 fully saturated rings. The van der Waals surface area contributed by atoms with E-state index in [9.17, 15) is 13.2 Å². The van der Waals surface area contributed by atoms with Crippen LogP contribution in [0.3, 0.4) is 0 Å². The van der Waals surface area contributed by atoms with Crippen molar-refractivity contribution in [1.29, 1.82) is 0 Å². The van der Waals surface area contributed by atoms with Crippen molar-refractivity contribution in [2.24, 2.45) is 0 Å². The number of rotatable bonds is 2. The quantitative estimate of drug-likeness (QED) is 0.649. The number of hydroxylamine groups is 1. The van der Waals surface area contributed by atoms with Crippen molar-refractivity contribution >= 4 is 0 Å². The summed E-state index contributed by atoms with van der Waals surface area (Å²) in [7, 11) is 0. The van der Waals surface area contributed by atoms with Crippen molar-refractivity contribution in [3.05, 3.63) is 29.3 Å². The maximum atomic E-state index is 12.3. The average molecular weight is 207 g/mol. The summed E-state index contributed by atoms with van der Waals surface area (Å²) in [6.45, 7) is -0.457. The van der Waals surface area contributed by atoms with Gasteiger partial charge in [-0.05, 0) is 12.1 Å². The zero-order chi connectivity index (χ0) is 10.8. The van der Waals surface area contributed by atoms with Gasteiger partial charge in [-0.25, -0.2) is 5.48 Å². The number of aromatic hydroxyl groups is 1. The summed E-state index contributed by atoms with van der Waals surface area (Å²) < 4.78 is 37.0. The maximum Gasteiger partial charge on any atom is 0.416 e.